The zero-order valence-corrected chi connectivity index (χ0v) is 18.8. The lowest BCUT2D eigenvalue weighted by atomic mass is 10.0. The zero-order valence-electron chi connectivity index (χ0n) is 18.8. The average Bonchev–Trinajstić information content (AvgIpc) is 3.04. The summed E-state index contributed by atoms with van der Waals surface area (Å²) in [5.41, 5.74) is 1.12. The van der Waals surface area contributed by atoms with Gasteiger partial charge in [-0.15, -0.1) is 5.10 Å². The molecule has 3 aromatic rings. The first-order valence-corrected chi connectivity index (χ1v) is 10.3. The molecule has 31 heavy (non-hydrogen) atoms. The second kappa shape index (κ2) is 8.79. The van der Waals surface area contributed by atoms with Crippen molar-refractivity contribution < 1.29 is 14.3 Å². The molecule has 0 radical (unpaired) electrons. The van der Waals surface area contributed by atoms with Gasteiger partial charge in [0.25, 0.3) is 5.56 Å². The van der Waals surface area contributed by atoms with E-state index < -0.39 is 11.5 Å². The van der Waals surface area contributed by atoms with Gasteiger partial charge in [-0.1, -0.05) is 6.92 Å². The maximum Gasteiger partial charge on any atom is 0.330 e. The molecule has 0 saturated carbocycles. The molecule has 0 aliphatic carbocycles. The molecule has 2 N–H and O–H groups in total. The number of aromatic nitrogens is 4. The van der Waals surface area contributed by atoms with Crippen LogP contribution in [0.1, 0.15) is 45.6 Å². The van der Waals surface area contributed by atoms with Gasteiger partial charge >= 0.3 is 5.97 Å². The summed E-state index contributed by atoms with van der Waals surface area (Å²) in [5.74, 6) is 1.27. The molecule has 0 spiro atoms. The monoisotopic (exact) mass is 427 g/mol. The molecule has 166 valence electrons. The van der Waals surface area contributed by atoms with Gasteiger partial charge in [-0.3, -0.25) is 4.79 Å². The third-order valence-corrected chi connectivity index (χ3v) is 4.90. The highest BCUT2D eigenvalue weighted by Gasteiger charge is 2.29. The van der Waals surface area contributed by atoms with E-state index in [-0.39, 0.29) is 5.56 Å². The summed E-state index contributed by atoms with van der Waals surface area (Å²) in [5, 5.41) is 7.84. The molecule has 2 aromatic heterocycles. The Labute approximate surface area is 180 Å². The number of benzene rings is 1. The third-order valence-electron chi connectivity index (χ3n) is 4.90. The number of aryl methyl sites for hydroxylation is 2. The number of carbonyl (C=O) groups is 1. The number of rotatable bonds is 8. The lowest BCUT2D eigenvalue weighted by molar-refractivity contribution is -0.144. The van der Waals surface area contributed by atoms with Crippen LogP contribution in [0.5, 0.6) is 5.75 Å². The summed E-state index contributed by atoms with van der Waals surface area (Å²) >= 11 is 0. The maximum atomic E-state index is 12.8. The van der Waals surface area contributed by atoms with Crippen molar-refractivity contribution in [3.63, 3.8) is 0 Å². The van der Waals surface area contributed by atoms with E-state index in [0.717, 1.165) is 12.2 Å². The fourth-order valence-corrected chi connectivity index (χ4v) is 3.48. The predicted molar refractivity (Wildman–Crippen MR) is 119 cm³/mol. The second-order valence-corrected chi connectivity index (χ2v) is 7.81. The van der Waals surface area contributed by atoms with Crippen molar-refractivity contribution in [2.24, 2.45) is 0 Å². The van der Waals surface area contributed by atoms with Gasteiger partial charge in [-0.25, -0.2) is 14.3 Å². The van der Waals surface area contributed by atoms with Crippen molar-refractivity contribution in [2.75, 3.05) is 19.0 Å². The molecule has 9 nitrogen and oxygen atoms in total. The number of methoxy groups -OCH3 is 1. The molecular weight excluding hydrogens is 398 g/mol. The summed E-state index contributed by atoms with van der Waals surface area (Å²) in [6, 6.07) is 5.38. The Morgan fingerprint density at radius 1 is 1.29 bits per heavy atom. The van der Waals surface area contributed by atoms with Crippen LogP contribution in [0.2, 0.25) is 0 Å². The Balaban J connectivity index is 2.16. The van der Waals surface area contributed by atoms with Crippen LogP contribution in [0.3, 0.4) is 0 Å². The van der Waals surface area contributed by atoms with E-state index in [2.05, 4.69) is 27.3 Å². The first-order chi connectivity index (χ1) is 14.7. The SMILES string of the molecule is CCCc1nc(C)c2c(=O)[nH]c(-c3cc(NC(C)(C)C(=O)OC)ccc3OCC)nn12. The van der Waals surface area contributed by atoms with Crippen LogP contribution in [0.4, 0.5) is 5.69 Å². The Bertz CT molecular complexity index is 1160. The number of ether oxygens (including phenoxy) is 2. The highest BCUT2D eigenvalue weighted by Crippen LogP contribution is 2.31. The van der Waals surface area contributed by atoms with Gasteiger partial charge < -0.3 is 19.8 Å². The number of H-pyrrole nitrogens is 1. The van der Waals surface area contributed by atoms with Crippen molar-refractivity contribution in [1.82, 2.24) is 19.6 Å². The number of esters is 1. The van der Waals surface area contributed by atoms with E-state index in [1.54, 1.807) is 43.5 Å². The van der Waals surface area contributed by atoms with Crippen molar-refractivity contribution in [3.8, 4) is 17.1 Å². The number of hydrogen-bond acceptors (Lipinski definition) is 7. The first kappa shape index (κ1) is 22.3. The molecule has 0 aliphatic heterocycles. The van der Waals surface area contributed by atoms with Gasteiger partial charge in [0, 0.05) is 12.1 Å². The Morgan fingerprint density at radius 3 is 2.68 bits per heavy atom. The van der Waals surface area contributed by atoms with Gasteiger partial charge in [-0.2, -0.15) is 0 Å². The number of nitrogens with zero attached hydrogens (tertiary/aromatic N) is 3. The summed E-state index contributed by atoms with van der Waals surface area (Å²) in [7, 11) is 1.35. The van der Waals surface area contributed by atoms with Gasteiger partial charge in [0.05, 0.1) is 25.0 Å². The number of carbonyl (C=O) groups excluding carboxylic acids is 1. The van der Waals surface area contributed by atoms with Crippen LogP contribution in [0.25, 0.3) is 16.9 Å². The maximum absolute atomic E-state index is 12.8. The van der Waals surface area contributed by atoms with Crippen molar-refractivity contribution in [3.05, 3.63) is 40.1 Å². The Kier molecular flexibility index (Phi) is 6.33. The first-order valence-electron chi connectivity index (χ1n) is 10.3. The number of nitrogens with one attached hydrogen (secondary N) is 2. The number of fused-ring (bicyclic) bond motifs is 1. The van der Waals surface area contributed by atoms with Gasteiger partial charge in [0.15, 0.2) is 11.3 Å². The zero-order chi connectivity index (χ0) is 22.8. The largest absolute Gasteiger partial charge is 0.493 e. The summed E-state index contributed by atoms with van der Waals surface area (Å²) in [4.78, 5) is 32.3. The molecule has 0 amide bonds. The number of imidazole rings is 1. The van der Waals surface area contributed by atoms with E-state index in [0.29, 0.717) is 47.1 Å². The molecule has 1 aromatic carbocycles. The number of anilines is 1. The van der Waals surface area contributed by atoms with E-state index in [9.17, 15) is 9.59 Å². The summed E-state index contributed by atoms with van der Waals surface area (Å²) in [6.07, 6.45) is 1.59. The van der Waals surface area contributed by atoms with Crippen LogP contribution in [0, 0.1) is 6.92 Å². The second-order valence-electron chi connectivity index (χ2n) is 7.81. The normalized spacial score (nSPS) is 11.5. The van der Waals surface area contributed by atoms with E-state index in [1.165, 1.54) is 7.11 Å². The molecular formula is C22H29N5O4. The van der Waals surface area contributed by atoms with Crippen LogP contribution >= 0.6 is 0 Å². The van der Waals surface area contributed by atoms with Crippen LogP contribution in [-0.4, -0.2) is 44.8 Å². The van der Waals surface area contributed by atoms with E-state index in [1.807, 2.05) is 6.92 Å². The van der Waals surface area contributed by atoms with Crippen LogP contribution < -0.4 is 15.6 Å². The van der Waals surface area contributed by atoms with Crippen LogP contribution in [-0.2, 0) is 16.0 Å². The topological polar surface area (TPSA) is 111 Å². The van der Waals surface area contributed by atoms with Crippen LogP contribution in [0.15, 0.2) is 23.0 Å². The van der Waals surface area contributed by atoms with E-state index >= 15 is 0 Å². The number of hydrogen-bond donors (Lipinski definition) is 2. The average molecular weight is 428 g/mol. The quantitative estimate of drug-likeness (QED) is 0.531. The van der Waals surface area contributed by atoms with Gasteiger partial charge in [0.2, 0.25) is 0 Å². The smallest absolute Gasteiger partial charge is 0.330 e. The minimum absolute atomic E-state index is 0.270. The highest BCUT2D eigenvalue weighted by atomic mass is 16.5. The van der Waals surface area contributed by atoms with Crippen molar-refractivity contribution in [1.29, 1.82) is 0 Å². The predicted octanol–water partition coefficient (Wildman–Crippen LogP) is 3.11. The third kappa shape index (κ3) is 4.40. The minimum Gasteiger partial charge on any atom is -0.493 e. The minimum atomic E-state index is -0.945. The van der Waals surface area contributed by atoms with Gasteiger partial charge in [-0.05, 0) is 52.3 Å². The molecule has 2 heterocycles. The number of aromatic amines is 1. The molecule has 9 heteroatoms. The fourth-order valence-electron chi connectivity index (χ4n) is 3.48. The van der Waals surface area contributed by atoms with Crippen molar-refractivity contribution in [2.45, 2.75) is 53.0 Å². The summed E-state index contributed by atoms with van der Waals surface area (Å²) in [6.45, 7) is 9.64. The molecule has 0 atom stereocenters. The molecule has 0 bridgehead atoms. The van der Waals surface area contributed by atoms with Gasteiger partial charge in [0.1, 0.15) is 17.1 Å². The lowest BCUT2D eigenvalue weighted by Crippen LogP contribution is -2.41. The molecule has 0 aliphatic rings. The Morgan fingerprint density at radius 2 is 2.03 bits per heavy atom. The summed E-state index contributed by atoms with van der Waals surface area (Å²) < 4.78 is 12.3. The highest BCUT2D eigenvalue weighted by molar-refractivity contribution is 5.84. The standard InChI is InChI=1S/C22H29N5O4/c1-7-9-17-23-13(3)18-20(28)24-19(26-27(17)18)15-12-14(10-11-16(15)31-8-2)25-22(4,5)21(29)30-6/h10-12,25H,7-9H2,1-6H3,(H,24,26,28). The van der Waals surface area contributed by atoms with E-state index in [4.69, 9.17) is 9.47 Å². The Hall–Kier alpha value is -3.36. The molecule has 0 saturated heterocycles. The fraction of sp³-hybridized carbons (Fsp3) is 0.455. The molecule has 3 rings (SSSR count). The molecule has 0 unspecified atom stereocenters. The lowest BCUT2D eigenvalue weighted by Gasteiger charge is -2.25. The molecule has 0 fully saturated rings. The van der Waals surface area contributed by atoms with Crippen molar-refractivity contribution >= 4 is 17.2 Å².